The van der Waals surface area contributed by atoms with E-state index < -0.39 is 15.8 Å². The van der Waals surface area contributed by atoms with Gasteiger partial charge in [0.25, 0.3) is 0 Å². The summed E-state index contributed by atoms with van der Waals surface area (Å²) >= 11 is 0. The lowest BCUT2D eigenvalue weighted by atomic mass is 10.1. The van der Waals surface area contributed by atoms with Crippen LogP contribution in [0.15, 0.2) is 24.3 Å². The Bertz CT molecular complexity index is 936. The Morgan fingerprint density at radius 2 is 2.08 bits per heavy atom. The largest absolute Gasteiger partial charge is 0.326 e. The monoisotopic (exact) mass is 374 g/mol. The molecule has 2 aliphatic rings. The lowest BCUT2D eigenvalue weighted by Crippen LogP contribution is -2.23. The Morgan fingerprint density at radius 3 is 2.88 bits per heavy atom. The summed E-state index contributed by atoms with van der Waals surface area (Å²) in [4.78, 5) is 12.4. The number of carbonyl (C=O) groups is 1. The van der Waals surface area contributed by atoms with E-state index in [1.807, 2.05) is 24.3 Å². The standard InChI is InChI=1S/C18H22N4O3S/c23-18(14-8-10-26(24,25)12-14)19-15-6-4-5-13(11-15)17-21-20-16-7-2-1-3-9-22(16)17/h4-6,11,14H,1-3,7-10,12H2,(H,19,23). The maximum atomic E-state index is 12.4. The number of hydrogen-bond donors (Lipinski definition) is 1. The molecule has 0 aliphatic carbocycles. The number of sulfone groups is 1. The number of hydrogen-bond acceptors (Lipinski definition) is 5. The van der Waals surface area contributed by atoms with Gasteiger partial charge in [-0.05, 0) is 31.4 Å². The second kappa shape index (κ2) is 6.83. The minimum absolute atomic E-state index is 0.0593. The molecule has 1 aromatic carbocycles. The van der Waals surface area contributed by atoms with E-state index in [4.69, 9.17) is 0 Å². The molecule has 1 saturated heterocycles. The topological polar surface area (TPSA) is 93.9 Å². The molecule has 0 spiro atoms. The molecule has 1 N–H and O–H groups in total. The summed E-state index contributed by atoms with van der Waals surface area (Å²) in [5.41, 5.74) is 1.56. The Hall–Kier alpha value is -2.22. The molecule has 2 aliphatic heterocycles. The van der Waals surface area contributed by atoms with E-state index in [9.17, 15) is 13.2 Å². The van der Waals surface area contributed by atoms with Gasteiger partial charge in [-0.15, -0.1) is 10.2 Å². The maximum Gasteiger partial charge on any atom is 0.228 e. The fraction of sp³-hybridized carbons (Fsp3) is 0.500. The van der Waals surface area contributed by atoms with Gasteiger partial charge in [0, 0.05) is 24.2 Å². The summed E-state index contributed by atoms with van der Waals surface area (Å²) in [6.07, 6.45) is 4.79. The second-order valence-electron chi connectivity index (χ2n) is 7.07. The van der Waals surface area contributed by atoms with Gasteiger partial charge >= 0.3 is 0 Å². The number of nitrogens with one attached hydrogen (secondary N) is 1. The number of fused-ring (bicyclic) bond motifs is 1. The zero-order valence-corrected chi connectivity index (χ0v) is 15.3. The quantitative estimate of drug-likeness (QED) is 0.887. The maximum absolute atomic E-state index is 12.4. The minimum atomic E-state index is -3.07. The molecule has 8 heteroatoms. The van der Waals surface area contributed by atoms with Gasteiger partial charge in [0.05, 0.1) is 17.4 Å². The summed E-state index contributed by atoms with van der Waals surface area (Å²) in [6, 6.07) is 7.51. The van der Waals surface area contributed by atoms with Crippen molar-refractivity contribution in [3.05, 3.63) is 30.1 Å². The number of carbonyl (C=O) groups excluding carboxylic acids is 1. The normalized spacial score (nSPS) is 21.8. The molecule has 1 unspecified atom stereocenters. The SMILES string of the molecule is O=C(Nc1cccc(-c2nnc3n2CCCCC3)c1)C1CCS(=O)(=O)C1. The van der Waals surface area contributed by atoms with Crippen LogP contribution in [0.25, 0.3) is 11.4 Å². The van der Waals surface area contributed by atoms with Crippen molar-refractivity contribution in [3.63, 3.8) is 0 Å². The van der Waals surface area contributed by atoms with Crippen LogP contribution in [0.3, 0.4) is 0 Å². The summed E-state index contributed by atoms with van der Waals surface area (Å²) in [7, 11) is -3.07. The fourth-order valence-corrected chi connectivity index (χ4v) is 5.42. The van der Waals surface area contributed by atoms with Gasteiger partial charge in [-0.2, -0.15) is 0 Å². The second-order valence-corrected chi connectivity index (χ2v) is 9.30. The van der Waals surface area contributed by atoms with Crippen molar-refractivity contribution in [1.29, 1.82) is 0 Å². The van der Waals surface area contributed by atoms with Crippen LogP contribution in [-0.4, -0.2) is 40.6 Å². The fourth-order valence-electron chi connectivity index (χ4n) is 3.68. The molecule has 3 heterocycles. The van der Waals surface area contributed by atoms with E-state index >= 15 is 0 Å². The molecular formula is C18H22N4O3S. The van der Waals surface area contributed by atoms with Crippen molar-refractivity contribution in [2.45, 2.75) is 38.6 Å². The number of anilines is 1. The Morgan fingerprint density at radius 1 is 1.19 bits per heavy atom. The van der Waals surface area contributed by atoms with Gasteiger partial charge in [-0.3, -0.25) is 4.79 Å². The van der Waals surface area contributed by atoms with Crippen molar-refractivity contribution < 1.29 is 13.2 Å². The molecule has 0 radical (unpaired) electrons. The molecule has 1 atom stereocenters. The molecule has 0 bridgehead atoms. The van der Waals surface area contributed by atoms with Crippen LogP contribution in [0.1, 0.15) is 31.5 Å². The molecule has 7 nitrogen and oxygen atoms in total. The highest BCUT2D eigenvalue weighted by molar-refractivity contribution is 7.91. The third kappa shape index (κ3) is 3.51. The van der Waals surface area contributed by atoms with Crippen LogP contribution >= 0.6 is 0 Å². The van der Waals surface area contributed by atoms with E-state index in [0.29, 0.717) is 12.1 Å². The molecule has 1 amide bonds. The van der Waals surface area contributed by atoms with Gasteiger partial charge < -0.3 is 9.88 Å². The summed E-state index contributed by atoms with van der Waals surface area (Å²) in [5, 5.41) is 11.5. The van der Waals surface area contributed by atoms with Gasteiger partial charge in [-0.25, -0.2) is 8.42 Å². The molecule has 2 aromatic rings. The predicted octanol–water partition coefficient (Wildman–Crippen LogP) is 2.04. The highest BCUT2D eigenvalue weighted by atomic mass is 32.2. The Balaban J connectivity index is 1.54. The Kier molecular flexibility index (Phi) is 4.52. The molecule has 138 valence electrons. The summed E-state index contributed by atoms with van der Waals surface area (Å²) < 4.78 is 25.3. The number of amides is 1. The average Bonchev–Trinajstić information content (AvgIpc) is 3.10. The molecule has 1 fully saturated rings. The van der Waals surface area contributed by atoms with Crippen molar-refractivity contribution in [2.75, 3.05) is 16.8 Å². The molecule has 4 rings (SSSR count). The van der Waals surface area contributed by atoms with Crippen molar-refractivity contribution in [1.82, 2.24) is 14.8 Å². The third-order valence-corrected chi connectivity index (χ3v) is 6.87. The number of rotatable bonds is 3. The van der Waals surface area contributed by atoms with Gasteiger partial charge in [0.2, 0.25) is 5.91 Å². The average molecular weight is 374 g/mol. The molecular weight excluding hydrogens is 352 g/mol. The van der Waals surface area contributed by atoms with Gasteiger partial charge in [-0.1, -0.05) is 18.6 Å². The first-order valence-electron chi connectivity index (χ1n) is 9.06. The molecule has 0 saturated carbocycles. The van der Waals surface area contributed by atoms with Crippen LogP contribution in [0.2, 0.25) is 0 Å². The minimum Gasteiger partial charge on any atom is -0.326 e. The number of aryl methyl sites for hydroxylation is 1. The third-order valence-electron chi connectivity index (χ3n) is 5.10. The molecule has 26 heavy (non-hydrogen) atoms. The number of benzene rings is 1. The number of nitrogens with zero attached hydrogens (tertiary/aromatic N) is 3. The van der Waals surface area contributed by atoms with Gasteiger partial charge in [0.1, 0.15) is 5.82 Å². The summed E-state index contributed by atoms with van der Waals surface area (Å²) in [5.74, 6) is 1.17. The van der Waals surface area contributed by atoms with Crippen LogP contribution in [0.4, 0.5) is 5.69 Å². The smallest absolute Gasteiger partial charge is 0.228 e. The highest BCUT2D eigenvalue weighted by Crippen LogP contribution is 2.26. The first kappa shape index (κ1) is 17.2. The van der Waals surface area contributed by atoms with E-state index in [2.05, 4.69) is 20.1 Å². The molecule has 1 aromatic heterocycles. The van der Waals surface area contributed by atoms with Crippen molar-refractivity contribution in [2.24, 2.45) is 5.92 Å². The lowest BCUT2D eigenvalue weighted by Gasteiger charge is -2.11. The van der Waals surface area contributed by atoms with Gasteiger partial charge in [0.15, 0.2) is 15.7 Å². The van der Waals surface area contributed by atoms with Crippen molar-refractivity contribution in [3.8, 4) is 11.4 Å². The first-order valence-corrected chi connectivity index (χ1v) is 10.9. The zero-order valence-electron chi connectivity index (χ0n) is 14.5. The predicted molar refractivity (Wildman–Crippen MR) is 98.4 cm³/mol. The first-order chi connectivity index (χ1) is 12.5. The zero-order chi connectivity index (χ0) is 18.1. The Labute approximate surface area is 152 Å². The van der Waals surface area contributed by atoms with Crippen LogP contribution in [-0.2, 0) is 27.6 Å². The van der Waals surface area contributed by atoms with Crippen LogP contribution < -0.4 is 5.32 Å². The van der Waals surface area contributed by atoms with E-state index in [1.165, 1.54) is 6.42 Å². The lowest BCUT2D eigenvalue weighted by molar-refractivity contribution is -0.119. The summed E-state index contributed by atoms with van der Waals surface area (Å²) in [6.45, 7) is 0.911. The van der Waals surface area contributed by atoms with E-state index in [0.717, 1.165) is 43.0 Å². The highest BCUT2D eigenvalue weighted by Gasteiger charge is 2.33. The number of aromatic nitrogens is 3. The van der Waals surface area contributed by atoms with Crippen LogP contribution in [0, 0.1) is 5.92 Å². The van der Waals surface area contributed by atoms with E-state index in [-0.39, 0.29) is 17.4 Å². The van der Waals surface area contributed by atoms with Crippen molar-refractivity contribution >= 4 is 21.4 Å². The van der Waals surface area contributed by atoms with Crippen LogP contribution in [0.5, 0.6) is 0 Å². The van der Waals surface area contributed by atoms with E-state index in [1.54, 1.807) is 0 Å².